The van der Waals surface area contributed by atoms with Crippen molar-refractivity contribution in [3.8, 4) is 0 Å². The van der Waals surface area contributed by atoms with Crippen molar-refractivity contribution < 1.29 is 0 Å². The zero-order chi connectivity index (χ0) is 10.9. The minimum absolute atomic E-state index is 0.177. The molecule has 0 unspecified atom stereocenters. The Kier molecular flexibility index (Phi) is 3.28. The van der Waals surface area contributed by atoms with Crippen molar-refractivity contribution in [3.63, 3.8) is 0 Å². The monoisotopic (exact) mass is 260 g/mol. The Hall–Kier alpha value is -0.190. The van der Waals surface area contributed by atoms with Crippen LogP contribution in [-0.4, -0.2) is 16.5 Å². The average Bonchev–Trinajstić information content (AvgIpc) is 2.69. The fourth-order valence-electron chi connectivity index (χ4n) is 1.28. The predicted molar refractivity (Wildman–Crippen MR) is 70.1 cm³/mol. The van der Waals surface area contributed by atoms with Gasteiger partial charge in [-0.2, -0.15) is 0 Å². The molecule has 0 radical (unpaired) electrons. The standard InChI is InChI=1S/C10H13ClN2S2/c1-10(2)6-14-9(13-10)12-5-7-3-4-8(11)15-7/h3-4H,5-6H2,1-2H3,(H,12,13). The molecule has 1 aliphatic heterocycles. The van der Waals surface area contributed by atoms with Crippen molar-refractivity contribution in [2.45, 2.75) is 25.9 Å². The Labute approximate surface area is 103 Å². The number of hydrogen-bond acceptors (Lipinski definition) is 3. The second-order valence-electron chi connectivity index (χ2n) is 4.12. The summed E-state index contributed by atoms with van der Waals surface area (Å²) in [5, 5.41) is 4.44. The van der Waals surface area contributed by atoms with Gasteiger partial charge in [-0.15, -0.1) is 11.3 Å². The summed E-state index contributed by atoms with van der Waals surface area (Å²) in [7, 11) is 0. The van der Waals surface area contributed by atoms with E-state index >= 15 is 0 Å². The molecule has 82 valence electrons. The molecule has 0 atom stereocenters. The lowest BCUT2D eigenvalue weighted by atomic mass is 10.1. The van der Waals surface area contributed by atoms with E-state index in [9.17, 15) is 0 Å². The average molecular weight is 261 g/mol. The SMILES string of the molecule is CC1(C)CSC(=NCc2ccc(Cl)s2)N1. The zero-order valence-electron chi connectivity index (χ0n) is 8.71. The molecule has 5 heteroatoms. The van der Waals surface area contributed by atoms with Crippen LogP contribution >= 0.6 is 34.7 Å². The molecule has 1 fully saturated rings. The van der Waals surface area contributed by atoms with Gasteiger partial charge in [0.25, 0.3) is 0 Å². The van der Waals surface area contributed by atoms with Crippen LogP contribution in [0.5, 0.6) is 0 Å². The van der Waals surface area contributed by atoms with E-state index < -0.39 is 0 Å². The third-order valence-corrected chi connectivity index (χ3v) is 4.61. The molecule has 0 spiro atoms. The first kappa shape index (κ1) is 11.3. The molecule has 1 saturated heterocycles. The first-order valence-corrected chi connectivity index (χ1v) is 6.93. The highest BCUT2D eigenvalue weighted by atomic mass is 35.5. The molecule has 0 saturated carbocycles. The lowest BCUT2D eigenvalue weighted by Gasteiger charge is -2.15. The summed E-state index contributed by atoms with van der Waals surface area (Å²) < 4.78 is 0.831. The Morgan fingerprint density at radius 2 is 2.33 bits per heavy atom. The minimum atomic E-state index is 0.177. The van der Waals surface area contributed by atoms with Crippen LogP contribution in [0.2, 0.25) is 4.34 Å². The van der Waals surface area contributed by atoms with Gasteiger partial charge >= 0.3 is 0 Å². The van der Waals surface area contributed by atoms with Crippen molar-refractivity contribution in [2.75, 3.05) is 5.75 Å². The van der Waals surface area contributed by atoms with Crippen LogP contribution in [0.25, 0.3) is 0 Å². The third kappa shape index (κ3) is 3.13. The summed E-state index contributed by atoms with van der Waals surface area (Å²) >= 11 is 9.23. The van der Waals surface area contributed by atoms with Crippen LogP contribution in [0.4, 0.5) is 0 Å². The van der Waals surface area contributed by atoms with Crippen LogP contribution in [0.3, 0.4) is 0 Å². The fraction of sp³-hybridized carbons (Fsp3) is 0.500. The highest BCUT2D eigenvalue weighted by molar-refractivity contribution is 8.14. The molecule has 15 heavy (non-hydrogen) atoms. The van der Waals surface area contributed by atoms with E-state index in [1.165, 1.54) is 4.88 Å². The molecule has 1 aromatic heterocycles. The molecule has 0 aromatic carbocycles. The van der Waals surface area contributed by atoms with E-state index in [0.717, 1.165) is 21.8 Å². The number of halogens is 1. The number of rotatable bonds is 2. The molecular weight excluding hydrogens is 248 g/mol. The lowest BCUT2D eigenvalue weighted by Crippen LogP contribution is -2.36. The largest absolute Gasteiger partial charge is 0.359 e. The van der Waals surface area contributed by atoms with Crippen LogP contribution in [0, 0.1) is 0 Å². The first-order chi connectivity index (χ1) is 7.05. The van der Waals surface area contributed by atoms with Gasteiger partial charge in [-0.25, -0.2) is 0 Å². The number of thiophene rings is 1. The maximum atomic E-state index is 5.85. The van der Waals surface area contributed by atoms with Gasteiger partial charge in [-0.05, 0) is 26.0 Å². The Bertz CT molecular complexity index is 385. The van der Waals surface area contributed by atoms with Gasteiger partial charge in [0.05, 0.1) is 10.9 Å². The van der Waals surface area contributed by atoms with Crippen LogP contribution in [0.15, 0.2) is 17.1 Å². The van der Waals surface area contributed by atoms with Gasteiger partial charge in [0.2, 0.25) is 0 Å². The molecule has 2 heterocycles. The topological polar surface area (TPSA) is 24.4 Å². The lowest BCUT2D eigenvalue weighted by molar-refractivity contribution is 0.536. The normalized spacial score (nSPS) is 21.9. The number of nitrogens with one attached hydrogen (secondary N) is 1. The Morgan fingerprint density at radius 1 is 1.53 bits per heavy atom. The number of aliphatic imine (C=N–C) groups is 1. The van der Waals surface area contributed by atoms with E-state index in [4.69, 9.17) is 11.6 Å². The molecule has 2 rings (SSSR count). The maximum absolute atomic E-state index is 5.85. The molecule has 1 aromatic rings. The first-order valence-electron chi connectivity index (χ1n) is 4.75. The molecule has 0 aliphatic carbocycles. The van der Waals surface area contributed by atoms with E-state index in [2.05, 4.69) is 24.2 Å². The van der Waals surface area contributed by atoms with E-state index in [1.807, 2.05) is 12.1 Å². The van der Waals surface area contributed by atoms with Gasteiger partial charge in [-0.1, -0.05) is 23.4 Å². The summed E-state index contributed by atoms with van der Waals surface area (Å²) in [4.78, 5) is 5.73. The number of hydrogen-bond donors (Lipinski definition) is 1. The fourth-order valence-corrected chi connectivity index (χ4v) is 3.37. The number of thioether (sulfide) groups is 1. The zero-order valence-corrected chi connectivity index (χ0v) is 11.1. The highest BCUT2D eigenvalue weighted by Gasteiger charge is 2.26. The maximum Gasteiger partial charge on any atom is 0.157 e. The number of nitrogens with zero attached hydrogens (tertiary/aromatic N) is 1. The Morgan fingerprint density at radius 3 is 2.87 bits per heavy atom. The van der Waals surface area contributed by atoms with Crippen LogP contribution in [0.1, 0.15) is 18.7 Å². The van der Waals surface area contributed by atoms with Crippen molar-refractivity contribution in [2.24, 2.45) is 4.99 Å². The van der Waals surface area contributed by atoms with Gasteiger partial charge < -0.3 is 5.32 Å². The minimum Gasteiger partial charge on any atom is -0.359 e. The molecule has 2 nitrogen and oxygen atoms in total. The van der Waals surface area contributed by atoms with Crippen molar-refractivity contribution in [1.82, 2.24) is 5.32 Å². The molecule has 1 aliphatic rings. The van der Waals surface area contributed by atoms with Gasteiger partial charge in [0, 0.05) is 16.2 Å². The van der Waals surface area contributed by atoms with Gasteiger partial charge in [0.15, 0.2) is 5.17 Å². The summed E-state index contributed by atoms with van der Waals surface area (Å²) in [6, 6.07) is 3.95. The van der Waals surface area contributed by atoms with Crippen LogP contribution in [-0.2, 0) is 6.54 Å². The molecule has 1 N–H and O–H groups in total. The Balaban J connectivity index is 1.95. The van der Waals surface area contributed by atoms with Crippen molar-refractivity contribution in [3.05, 3.63) is 21.3 Å². The summed E-state index contributed by atoms with van der Waals surface area (Å²) in [6.45, 7) is 5.10. The summed E-state index contributed by atoms with van der Waals surface area (Å²) in [5.74, 6) is 1.08. The van der Waals surface area contributed by atoms with Crippen molar-refractivity contribution in [1.29, 1.82) is 0 Å². The van der Waals surface area contributed by atoms with Gasteiger partial charge in [0.1, 0.15) is 0 Å². The van der Waals surface area contributed by atoms with Gasteiger partial charge in [-0.3, -0.25) is 4.99 Å². The second kappa shape index (κ2) is 4.36. The van der Waals surface area contributed by atoms with Crippen LogP contribution < -0.4 is 5.32 Å². The van der Waals surface area contributed by atoms with E-state index in [1.54, 1.807) is 23.1 Å². The van der Waals surface area contributed by atoms with E-state index in [-0.39, 0.29) is 5.54 Å². The number of amidine groups is 1. The third-order valence-electron chi connectivity index (χ3n) is 2.02. The van der Waals surface area contributed by atoms with E-state index in [0.29, 0.717) is 0 Å². The smallest absolute Gasteiger partial charge is 0.157 e. The van der Waals surface area contributed by atoms with Crippen molar-refractivity contribution >= 4 is 39.9 Å². The highest BCUT2D eigenvalue weighted by Crippen LogP contribution is 2.25. The second-order valence-corrected chi connectivity index (χ2v) is 6.89. The molecule has 0 amide bonds. The molecular formula is C10H13ClN2S2. The molecule has 0 bridgehead atoms. The quantitative estimate of drug-likeness (QED) is 0.882. The summed E-state index contributed by atoms with van der Waals surface area (Å²) in [6.07, 6.45) is 0. The predicted octanol–water partition coefficient (Wildman–Crippen LogP) is 3.37. The summed E-state index contributed by atoms with van der Waals surface area (Å²) in [5.41, 5.74) is 0.177.